The van der Waals surface area contributed by atoms with Crippen LogP contribution in [0.1, 0.15) is 31.9 Å². The minimum absolute atomic E-state index is 0.136. The summed E-state index contributed by atoms with van der Waals surface area (Å²) in [7, 11) is 0. The Kier molecular flexibility index (Phi) is 9.47. The molecular weight excluding hydrogens is 566 g/mol. The van der Waals surface area contributed by atoms with Gasteiger partial charge in [0.2, 0.25) is 11.8 Å². The van der Waals surface area contributed by atoms with E-state index in [9.17, 15) is 4.79 Å². The number of carbonyl (C=O) groups is 1. The van der Waals surface area contributed by atoms with Gasteiger partial charge in [-0.3, -0.25) is 0 Å². The van der Waals surface area contributed by atoms with Crippen molar-refractivity contribution in [2.45, 2.75) is 39.6 Å². The predicted octanol–water partition coefficient (Wildman–Crippen LogP) is 7.32. The summed E-state index contributed by atoms with van der Waals surface area (Å²) in [4.78, 5) is 20.1. The van der Waals surface area contributed by atoms with Crippen molar-refractivity contribution in [2.24, 2.45) is 0 Å². The average Bonchev–Trinajstić information content (AvgIpc) is 3.00. The third kappa shape index (κ3) is 8.15. The van der Waals surface area contributed by atoms with Gasteiger partial charge in [-0.1, -0.05) is 60.7 Å². The van der Waals surface area contributed by atoms with Crippen LogP contribution in [-0.2, 0) is 18.0 Å². The second-order valence-corrected chi connectivity index (χ2v) is 11.4. The Bertz CT molecular complexity index is 1530. The Balaban J connectivity index is 1.30. The number of anilines is 3. The molecule has 1 aliphatic heterocycles. The summed E-state index contributed by atoms with van der Waals surface area (Å²) in [6, 6.07) is 25.2. The van der Waals surface area contributed by atoms with Gasteiger partial charge >= 0.3 is 6.09 Å². The van der Waals surface area contributed by atoms with Crippen LogP contribution in [0, 0.1) is 11.6 Å². The van der Waals surface area contributed by atoms with Crippen molar-refractivity contribution in [2.75, 3.05) is 36.4 Å². The highest BCUT2D eigenvalue weighted by Gasteiger charge is 2.28. The van der Waals surface area contributed by atoms with Gasteiger partial charge in [0.05, 0.1) is 0 Å². The highest BCUT2D eigenvalue weighted by Crippen LogP contribution is 2.33. The quantitative estimate of drug-likeness (QED) is 0.215. The lowest BCUT2D eigenvalue weighted by Gasteiger charge is -2.37. The van der Waals surface area contributed by atoms with Crippen LogP contribution in [0.25, 0.3) is 0 Å². The summed E-state index contributed by atoms with van der Waals surface area (Å²) in [5.74, 6) is -0.871. The molecule has 1 aliphatic rings. The van der Waals surface area contributed by atoms with E-state index >= 15 is 8.78 Å². The first-order valence-electron chi connectivity index (χ1n) is 14.5. The van der Waals surface area contributed by atoms with Crippen LogP contribution in [0.4, 0.5) is 30.6 Å². The Morgan fingerprint density at radius 2 is 1.39 bits per heavy atom. The van der Waals surface area contributed by atoms with Crippen LogP contribution in [0.2, 0.25) is 0 Å². The fourth-order valence-corrected chi connectivity index (χ4v) is 4.70. The molecule has 8 nitrogen and oxygen atoms in total. The molecule has 0 aliphatic carbocycles. The molecule has 2 heterocycles. The standard InChI is InChI=1S/C34H36F2N4O4/c1-34(2,3)44-33(41)40-18-16-39(17-19-40)31-27(35)20-26(21-28(31)36)37-29-14-15-30(42-22-24-10-6-4-7-11-24)38-32(29)43-23-25-12-8-5-9-13-25/h4-15,20-21,37H,16-19,22-23H2,1-3H3. The third-order valence-corrected chi connectivity index (χ3v) is 6.83. The maximum atomic E-state index is 15.4. The molecule has 230 valence electrons. The SMILES string of the molecule is CC(C)(C)OC(=O)N1CCN(c2c(F)cc(Nc3ccc(OCc4ccccc4)nc3OCc3ccccc3)cc2F)CC1. The molecular formula is C34H36F2N4O4. The zero-order valence-corrected chi connectivity index (χ0v) is 25.1. The molecule has 10 heteroatoms. The van der Waals surface area contributed by atoms with E-state index in [4.69, 9.17) is 14.2 Å². The van der Waals surface area contributed by atoms with E-state index in [0.717, 1.165) is 11.1 Å². The topological polar surface area (TPSA) is 76.2 Å². The lowest BCUT2D eigenvalue weighted by atomic mass is 10.2. The van der Waals surface area contributed by atoms with Gasteiger partial charge in [-0.2, -0.15) is 4.98 Å². The molecule has 0 radical (unpaired) electrons. The molecule has 44 heavy (non-hydrogen) atoms. The molecule has 3 aromatic carbocycles. The highest BCUT2D eigenvalue weighted by molar-refractivity contribution is 5.70. The van der Waals surface area contributed by atoms with E-state index in [1.165, 1.54) is 12.1 Å². The van der Waals surface area contributed by atoms with Gasteiger partial charge in [0.1, 0.15) is 30.2 Å². The lowest BCUT2D eigenvalue weighted by molar-refractivity contribution is 0.0240. The lowest BCUT2D eigenvalue weighted by Crippen LogP contribution is -2.50. The third-order valence-electron chi connectivity index (χ3n) is 6.83. The summed E-state index contributed by atoms with van der Waals surface area (Å²) in [6.07, 6.45) is -0.437. The first-order chi connectivity index (χ1) is 21.1. The van der Waals surface area contributed by atoms with Crippen LogP contribution < -0.4 is 19.7 Å². The van der Waals surface area contributed by atoms with Gasteiger partial charge in [0.15, 0.2) is 11.6 Å². The number of pyridine rings is 1. The molecule has 1 N–H and O–H groups in total. The summed E-state index contributed by atoms with van der Waals surface area (Å²) in [6.45, 7) is 7.07. The number of halogens is 2. The molecule has 1 aromatic heterocycles. The van der Waals surface area contributed by atoms with E-state index in [1.54, 1.807) is 42.7 Å². The molecule has 1 amide bonds. The number of hydrogen-bond acceptors (Lipinski definition) is 7. The number of hydrogen-bond donors (Lipinski definition) is 1. The van der Waals surface area contributed by atoms with Crippen LogP contribution in [0.15, 0.2) is 84.9 Å². The van der Waals surface area contributed by atoms with Gasteiger partial charge in [-0.15, -0.1) is 0 Å². The van der Waals surface area contributed by atoms with Crippen LogP contribution >= 0.6 is 0 Å². The number of benzene rings is 3. The van der Waals surface area contributed by atoms with Crippen molar-refractivity contribution in [1.82, 2.24) is 9.88 Å². The summed E-state index contributed by atoms with van der Waals surface area (Å²) >= 11 is 0. The first-order valence-corrected chi connectivity index (χ1v) is 14.5. The Morgan fingerprint density at radius 3 is 1.95 bits per heavy atom. The van der Waals surface area contributed by atoms with E-state index in [2.05, 4.69) is 10.3 Å². The second kappa shape index (κ2) is 13.6. The molecule has 0 atom stereocenters. The summed E-state index contributed by atoms with van der Waals surface area (Å²) < 4.78 is 48.1. The van der Waals surface area contributed by atoms with Crippen molar-refractivity contribution in [3.05, 3.63) is 108 Å². The molecule has 5 rings (SSSR count). The van der Waals surface area contributed by atoms with E-state index < -0.39 is 23.3 Å². The zero-order chi connectivity index (χ0) is 31.1. The minimum atomic E-state index is -0.722. The van der Waals surface area contributed by atoms with Gasteiger partial charge in [0.25, 0.3) is 0 Å². The first kappa shape index (κ1) is 30.6. The van der Waals surface area contributed by atoms with Gasteiger partial charge in [-0.25, -0.2) is 13.6 Å². The van der Waals surface area contributed by atoms with Crippen molar-refractivity contribution in [1.29, 1.82) is 0 Å². The number of carbonyl (C=O) groups excluding carboxylic acids is 1. The van der Waals surface area contributed by atoms with E-state index in [0.29, 0.717) is 31.3 Å². The Hall–Kier alpha value is -4.86. The van der Waals surface area contributed by atoms with Crippen molar-refractivity contribution >= 4 is 23.2 Å². The predicted molar refractivity (Wildman–Crippen MR) is 165 cm³/mol. The fourth-order valence-electron chi connectivity index (χ4n) is 4.70. The molecule has 1 saturated heterocycles. The normalized spacial score (nSPS) is 13.4. The monoisotopic (exact) mass is 602 g/mol. The molecule has 4 aromatic rings. The molecule has 0 saturated carbocycles. The van der Waals surface area contributed by atoms with Gasteiger partial charge < -0.3 is 29.3 Å². The maximum absolute atomic E-state index is 15.4. The van der Waals surface area contributed by atoms with Crippen LogP contribution in [-0.4, -0.2) is 47.8 Å². The van der Waals surface area contributed by atoms with Crippen molar-refractivity contribution in [3.63, 3.8) is 0 Å². The smallest absolute Gasteiger partial charge is 0.410 e. The van der Waals surface area contributed by atoms with Gasteiger partial charge in [0, 0.05) is 37.9 Å². The Morgan fingerprint density at radius 1 is 0.818 bits per heavy atom. The largest absolute Gasteiger partial charge is 0.473 e. The number of piperazine rings is 1. The number of aromatic nitrogens is 1. The molecule has 1 fully saturated rings. The highest BCUT2D eigenvalue weighted by atomic mass is 19.1. The second-order valence-electron chi connectivity index (χ2n) is 11.4. The average molecular weight is 603 g/mol. The van der Waals surface area contributed by atoms with E-state index in [-0.39, 0.29) is 37.0 Å². The Labute approximate surface area is 256 Å². The number of rotatable bonds is 9. The van der Waals surface area contributed by atoms with Crippen molar-refractivity contribution < 1.29 is 27.8 Å². The van der Waals surface area contributed by atoms with Crippen LogP contribution in [0.3, 0.4) is 0 Å². The number of amides is 1. The minimum Gasteiger partial charge on any atom is -0.473 e. The number of ether oxygens (including phenoxy) is 3. The van der Waals surface area contributed by atoms with Gasteiger partial charge in [-0.05, 0) is 50.1 Å². The zero-order valence-electron chi connectivity index (χ0n) is 25.1. The number of nitrogens with one attached hydrogen (secondary N) is 1. The molecule has 0 bridgehead atoms. The molecule has 0 spiro atoms. The van der Waals surface area contributed by atoms with E-state index in [1.807, 2.05) is 60.7 Å². The summed E-state index contributed by atoms with van der Waals surface area (Å²) in [5.41, 5.74) is 1.78. The molecule has 0 unspecified atom stereocenters. The summed E-state index contributed by atoms with van der Waals surface area (Å²) in [5, 5.41) is 3.05. The number of nitrogens with zero attached hydrogens (tertiary/aromatic N) is 3. The van der Waals surface area contributed by atoms with Crippen molar-refractivity contribution in [3.8, 4) is 11.8 Å². The maximum Gasteiger partial charge on any atom is 0.410 e. The van der Waals surface area contributed by atoms with Crippen LogP contribution in [0.5, 0.6) is 11.8 Å². The fraction of sp³-hybridized carbons (Fsp3) is 0.294.